The van der Waals surface area contributed by atoms with Gasteiger partial charge in [-0.25, -0.2) is 4.98 Å². The second-order valence-electron chi connectivity index (χ2n) is 4.52. The Morgan fingerprint density at radius 1 is 1.35 bits per heavy atom. The van der Waals surface area contributed by atoms with Gasteiger partial charge in [-0.3, -0.25) is 14.5 Å². The molecule has 0 aliphatic heterocycles. The number of benzene rings is 1. The lowest BCUT2D eigenvalue weighted by molar-refractivity contribution is 0.847. The minimum absolute atomic E-state index is 0.144. The molecule has 0 radical (unpaired) electrons. The molecule has 7 heteroatoms. The van der Waals surface area contributed by atoms with Crippen molar-refractivity contribution in [1.82, 2.24) is 19.7 Å². The van der Waals surface area contributed by atoms with Crippen molar-refractivity contribution in [2.75, 3.05) is 0 Å². The highest BCUT2D eigenvalue weighted by atomic mass is 79.9. The number of halogens is 2. The second kappa shape index (κ2) is 4.71. The van der Waals surface area contributed by atoms with Crippen LogP contribution >= 0.6 is 27.5 Å². The average molecular weight is 354 g/mol. The summed E-state index contributed by atoms with van der Waals surface area (Å²) in [6.07, 6.45) is 0. The summed E-state index contributed by atoms with van der Waals surface area (Å²) in [5.74, 6) is 0.509. The third-order valence-electron chi connectivity index (χ3n) is 3.11. The number of nitrogens with zero attached hydrogens (tertiary/aromatic N) is 3. The maximum absolute atomic E-state index is 12.4. The molecular formula is C13H10BrClN4O. The van der Waals surface area contributed by atoms with Crippen LogP contribution in [0.4, 0.5) is 0 Å². The van der Waals surface area contributed by atoms with Crippen molar-refractivity contribution in [2.45, 2.75) is 6.92 Å². The molecule has 0 aliphatic carbocycles. The second-order valence-corrected chi connectivity index (χ2v) is 5.81. The first-order valence-corrected chi connectivity index (χ1v) is 7.02. The summed E-state index contributed by atoms with van der Waals surface area (Å²) in [5.41, 5.74) is 1.97. The van der Waals surface area contributed by atoms with E-state index in [-0.39, 0.29) is 5.56 Å². The summed E-state index contributed by atoms with van der Waals surface area (Å²) in [7, 11) is 1.67. The molecule has 3 aromatic rings. The number of nitrogens with one attached hydrogen (secondary N) is 1. The molecular weight excluding hydrogens is 344 g/mol. The highest BCUT2D eigenvalue weighted by Crippen LogP contribution is 2.23. The Morgan fingerprint density at radius 3 is 2.75 bits per heavy atom. The van der Waals surface area contributed by atoms with Crippen LogP contribution in [-0.2, 0) is 7.05 Å². The van der Waals surface area contributed by atoms with Gasteiger partial charge in [-0.15, -0.1) is 0 Å². The zero-order valence-electron chi connectivity index (χ0n) is 10.7. The Balaban J connectivity index is 2.41. The van der Waals surface area contributed by atoms with E-state index in [0.717, 1.165) is 10.2 Å². The Labute approximate surface area is 127 Å². The Hall–Kier alpha value is -1.66. The molecule has 0 amide bonds. The highest BCUT2D eigenvalue weighted by Gasteiger charge is 2.14. The third-order valence-corrected chi connectivity index (χ3v) is 3.74. The monoisotopic (exact) mass is 352 g/mol. The molecule has 5 nitrogen and oxygen atoms in total. The molecule has 0 saturated heterocycles. The molecule has 0 unspecified atom stereocenters. The van der Waals surface area contributed by atoms with E-state index in [0.29, 0.717) is 27.4 Å². The Morgan fingerprint density at radius 2 is 2.10 bits per heavy atom. The number of hydrogen-bond acceptors (Lipinski definition) is 3. The van der Waals surface area contributed by atoms with Gasteiger partial charge in [-0.1, -0.05) is 11.6 Å². The predicted molar refractivity (Wildman–Crippen MR) is 82.0 cm³/mol. The van der Waals surface area contributed by atoms with Crippen molar-refractivity contribution in [3.05, 3.63) is 43.7 Å². The normalized spacial score (nSPS) is 11.2. The van der Waals surface area contributed by atoms with Gasteiger partial charge in [0.15, 0.2) is 5.82 Å². The van der Waals surface area contributed by atoms with Gasteiger partial charge >= 0.3 is 0 Å². The van der Waals surface area contributed by atoms with Crippen LogP contribution in [0, 0.1) is 6.92 Å². The quantitative estimate of drug-likeness (QED) is 0.731. The molecule has 0 fully saturated rings. The number of fused-ring (bicyclic) bond motifs is 1. The van der Waals surface area contributed by atoms with E-state index in [1.165, 1.54) is 4.57 Å². The van der Waals surface area contributed by atoms with E-state index < -0.39 is 0 Å². The number of H-pyrrole nitrogens is 1. The van der Waals surface area contributed by atoms with E-state index in [9.17, 15) is 4.79 Å². The van der Waals surface area contributed by atoms with E-state index in [1.807, 2.05) is 6.92 Å². The van der Waals surface area contributed by atoms with E-state index in [4.69, 9.17) is 11.6 Å². The van der Waals surface area contributed by atoms with Gasteiger partial charge < -0.3 is 0 Å². The van der Waals surface area contributed by atoms with Crippen molar-refractivity contribution in [3.63, 3.8) is 0 Å². The Kier molecular flexibility index (Phi) is 3.14. The minimum atomic E-state index is -0.144. The van der Waals surface area contributed by atoms with Crippen LogP contribution in [0.3, 0.4) is 0 Å². The molecule has 102 valence electrons. The predicted octanol–water partition coefficient (Wildman–Crippen LogP) is 3.05. The molecule has 0 spiro atoms. The van der Waals surface area contributed by atoms with Gasteiger partial charge in [0.1, 0.15) is 10.3 Å². The minimum Gasteiger partial charge on any atom is -0.294 e. The topological polar surface area (TPSA) is 63.6 Å². The lowest BCUT2D eigenvalue weighted by Crippen LogP contribution is -2.20. The van der Waals surface area contributed by atoms with Gasteiger partial charge in [-0.05, 0) is 40.5 Å². The van der Waals surface area contributed by atoms with Crippen LogP contribution in [-0.4, -0.2) is 19.7 Å². The zero-order chi connectivity index (χ0) is 14.4. The molecule has 0 atom stereocenters. The van der Waals surface area contributed by atoms with Crippen molar-refractivity contribution in [3.8, 4) is 11.5 Å². The molecule has 2 heterocycles. The molecule has 0 saturated carbocycles. The first-order chi connectivity index (χ1) is 9.47. The van der Waals surface area contributed by atoms with Crippen molar-refractivity contribution in [2.24, 2.45) is 7.05 Å². The van der Waals surface area contributed by atoms with Gasteiger partial charge in [0.05, 0.1) is 10.9 Å². The van der Waals surface area contributed by atoms with Crippen LogP contribution in [0.2, 0.25) is 5.02 Å². The van der Waals surface area contributed by atoms with E-state index in [1.54, 1.807) is 25.2 Å². The fourth-order valence-electron chi connectivity index (χ4n) is 2.15. The van der Waals surface area contributed by atoms with Crippen molar-refractivity contribution >= 4 is 38.4 Å². The summed E-state index contributed by atoms with van der Waals surface area (Å²) >= 11 is 9.30. The summed E-state index contributed by atoms with van der Waals surface area (Å²) in [6.45, 7) is 1.88. The fourth-order valence-corrected chi connectivity index (χ4v) is 2.72. The maximum atomic E-state index is 12.4. The lowest BCUT2D eigenvalue weighted by Gasteiger charge is -2.09. The molecule has 0 aliphatic rings. The molecule has 0 bridgehead atoms. The molecule has 2 aromatic heterocycles. The summed E-state index contributed by atoms with van der Waals surface area (Å²) in [5, 5.41) is 7.94. The zero-order valence-corrected chi connectivity index (χ0v) is 13.1. The number of aryl methyl sites for hydroxylation is 1. The average Bonchev–Trinajstić information content (AvgIpc) is 2.81. The summed E-state index contributed by atoms with van der Waals surface area (Å²) in [4.78, 5) is 17.0. The molecule has 20 heavy (non-hydrogen) atoms. The maximum Gasteiger partial charge on any atom is 0.261 e. The van der Waals surface area contributed by atoms with Crippen LogP contribution in [0.1, 0.15) is 5.56 Å². The lowest BCUT2D eigenvalue weighted by atomic mass is 10.1. The van der Waals surface area contributed by atoms with Crippen molar-refractivity contribution in [1.29, 1.82) is 0 Å². The van der Waals surface area contributed by atoms with E-state index >= 15 is 0 Å². The highest BCUT2D eigenvalue weighted by molar-refractivity contribution is 9.10. The smallest absolute Gasteiger partial charge is 0.261 e. The van der Waals surface area contributed by atoms with Crippen LogP contribution < -0.4 is 5.56 Å². The molecule has 1 N–H and O–H groups in total. The Bertz CT molecular complexity index is 884. The number of rotatable bonds is 1. The van der Waals surface area contributed by atoms with Crippen molar-refractivity contribution < 1.29 is 0 Å². The fraction of sp³-hybridized carbons (Fsp3) is 0.154. The SMILES string of the molecule is Cc1cc(Cl)cc2c(=O)n(C)c(-c3cc(Br)[nH]n3)nc12. The first kappa shape index (κ1) is 13.3. The first-order valence-electron chi connectivity index (χ1n) is 5.85. The summed E-state index contributed by atoms with van der Waals surface area (Å²) in [6, 6.07) is 5.21. The number of aromatic amines is 1. The van der Waals surface area contributed by atoms with E-state index in [2.05, 4.69) is 31.1 Å². The van der Waals surface area contributed by atoms with Gasteiger partial charge in [0.2, 0.25) is 0 Å². The number of aromatic nitrogens is 4. The standard InChI is InChI=1S/C13H10BrClN4O/c1-6-3-7(15)4-8-11(6)16-12(19(2)13(8)20)9-5-10(14)18-17-9/h3-5H,1-2H3,(H,17,18). The number of hydrogen-bond donors (Lipinski definition) is 1. The summed E-state index contributed by atoms with van der Waals surface area (Å²) < 4.78 is 2.20. The largest absolute Gasteiger partial charge is 0.294 e. The van der Waals surface area contributed by atoms with Gasteiger partial charge in [-0.2, -0.15) is 5.10 Å². The van der Waals surface area contributed by atoms with Gasteiger partial charge in [0.25, 0.3) is 5.56 Å². The molecule has 1 aromatic carbocycles. The van der Waals surface area contributed by atoms with Gasteiger partial charge in [0, 0.05) is 18.1 Å². The third kappa shape index (κ3) is 2.05. The van der Waals surface area contributed by atoms with Crippen LogP contribution in [0.15, 0.2) is 27.6 Å². The van der Waals surface area contributed by atoms with Crippen LogP contribution in [0.25, 0.3) is 22.4 Å². The van der Waals surface area contributed by atoms with Crippen LogP contribution in [0.5, 0.6) is 0 Å². The molecule has 3 rings (SSSR count).